The first-order valence-corrected chi connectivity index (χ1v) is 3.78. The molecule has 0 saturated heterocycles. The predicted molar refractivity (Wildman–Crippen MR) is 39.2 cm³/mol. The highest BCUT2D eigenvalue weighted by atomic mass is 79.9. The van der Waals surface area contributed by atoms with Crippen molar-refractivity contribution in [2.75, 3.05) is 0 Å². The molecule has 9 heavy (non-hydrogen) atoms. The van der Waals surface area contributed by atoms with Crippen LogP contribution in [0.25, 0.3) is 0 Å². The van der Waals surface area contributed by atoms with Gasteiger partial charge in [0.05, 0.1) is 11.9 Å². The molecule has 0 unspecified atom stereocenters. The van der Waals surface area contributed by atoms with E-state index in [4.69, 9.17) is 5.21 Å². The molecule has 0 radical (unpaired) electrons. The molecule has 5 heteroatoms. The van der Waals surface area contributed by atoms with Crippen LogP contribution in [0, 0.1) is 0 Å². The summed E-state index contributed by atoms with van der Waals surface area (Å²) in [6.45, 7) is 0. The summed E-state index contributed by atoms with van der Waals surface area (Å²) in [5.41, 5.74) is 0.661. The highest BCUT2D eigenvalue weighted by Crippen LogP contribution is 2.14. The Labute approximate surface area is 64.2 Å². The molecular formula is C4H3BrN2OS. The van der Waals surface area contributed by atoms with Crippen LogP contribution in [0.1, 0.15) is 5.69 Å². The average molecular weight is 207 g/mol. The summed E-state index contributed by atoms with van der Waals surface area (Å²) in [4.78, 5) is 3.93. The lowest BCUT2D eigenvalue weighted by atomic mass is 10.6. The first-order valence-electron chi connectivity index (χ1n) is 2.11. The minimum Gasteiger partial charge on any atom is -0.411 e. The topological polar surface area (TPSA) is 45.5 Å². The lowest BCUT2D eigenvalue weighted by molar-refractivity contribution is 0.321. The van der Waals surface area contributed by atoms with Gasteiger partial charge in [-0.15, -0.1) is 11.3 Å². The third kappa shape index (κ3) is 1.76. The molecule has 1 rings (SSSR count). The second kappa shape index (κ2) is 2.93. The van der Waals surface area contributed by atoms with E-state index >= 15 is 0 Å². The van der Waals surface area contributed by atoms with Gasteiger partial charge in [-0.25, -0.2) is 4.98 Å². The van der Waals surface area contributed by atoms with E-state index in [2.05, 4.69) is 26.1 Å². The number of hydrogen-bond acceptors (Lipinski definition) is 4. The molecule has 1 N–H and O–H groups in total. The SMILES string of the molecule is O/N=C/c1csc(Br)n1. The van der Waals surface area contributed by atoms with E-state index in [1.165, 1.54) is 17.6 Å². The molecule has 0 aliphatic heterocycles. The standard InChI is InChI=1S/C4H3BrN2OS/c5-4-7-3(1-6-8)2-9-4/h1-2,8H/b6-1+. The fourth-order valence-corrected chi connectivity index (χ4v) is 1.36. The van der Waals surface area contributed by atoms with Crippen LogP contribution in [0.2, 0.25) is 0 Å². The minimum atomic E-state index is 0.661. The average Bonchev–Trinajstić information content (AvgIpc) is 2.17. The van der Waals surface area contributed by atoms with E-state index in [9.17, 15) is 0 Å². The molecule has 1 aromatic rings. The number of aromatic nitrogens is 1. The van der Waals surface area contributed by atoms with Crippen LogP contribution >= 0.6 is 27.3 Å². The van der Waals surface area contributed by atoms with Crippen LogP contribution in [0.4, 0.5) is 0 Å². The Hall–Kier alpha value is -0.420. The molecular weight excluding hydrogens is 204 g/mol. The smallest absolute Gasteiger partial charge is 0.159 e. The van der Waals surface area contributed by atoms with Crippen LogP contribution < -0.4 is 0 Å². The number of oxime groups is 1. The Morgan fingerprint density at radius 2 is 2.67 bits per heavy atom. The molecule has 0 amide bonds. The van der Waals surface area contributed by atoms with Crippen molar-refractivity contribution in [2.45, 2.75) is 0 Å². The van der Waals surface area contributed by atoms with Crippen molar-refractivity contribution in [3.63, 3.8) is 0 Å². The van der Waals surface area contributed by atoms with Gasteiger partial charge in [-0.1, -0.05) is 5.16 Å². The lowest BCUT2D eigenvalue weighted by Crippen LogP contribution is -1.77. The van der Waals surface area contributed by atoms with Crippen LogP contribution in [0.3, 0.4) is 0 Å². The monoisotopic (exact) mass is 206 g/mol. The summed E-state index contributed by atoms with van der Waals surface area (Å²) in [6, 6.07) is 0. The fourth-order valence-electron chi connectivity index (χ4n) is 0.382. The van der Waals surface area contributed by atoms with Gasteiger partial charge in [0.1, 0.15) is 0 Å². The quantitative estimate of drug-likeness (QED) is 0.432. The van der Waals surface area contributed by atoms with E-state index in [0.29, 0.717) is 5.69 Å². The number of halogens is 1. The zero-order valence-corrected chi connectivity index (χ0v) is 6.69. The first-order chi connectivity index (χ1) is 4.33. The number of thiazole rings is 1. The Bertz CT molecular complexity index is 222. The molecule has 48 valence electrons. The summed E-state index contributed by atoms with van der Waals surface area (Å²) in [6.07, 6.45) is 1.28. The van der Waals surface area contributed by atoms with Crippen molar-refractivity contribution >= 4 is 33.5 Å². The van der Waals surface area contributed by atoms with Crippen LogP contribution in [-0.4, -0.2) is 16.4 Å². The Morgan fingerprint density at radius 3 is 3.11 bits per heavy atom. The molecule has 0 aliphatic rings. The molecule has 0 bridgehead atoms. The second-order valence-electron chi connectivity index (χ2n) is 1.27. The van der Waals surface area contributed by atoms with E-state index in [0.717, 1.165) is 3.92 Å². The summed E-state index contributed by atoms with van der Waals surface area (Å²) < 4.78 is 0.789. The summed E-state index contributed by atoms with van der Waals surface area (Å²) >= 11 is 4.61. The summed E-state index contributed by atoms with van der Waals surface area (Å²) in [7, 11) is 0. The maximum Gasteiger partial charge on any atom is 0.159 e. The maximum atomic E-state index is 8.05. The van der Waals surface area contributed by atoms with Gasteiger partial charge in [-0.05, 0) is 15.9 Å². The van der Waals surface area contributed by atoms with E-state index in [1.807, 2.05) is 0 Å². The van der Waals surface area contributed by atoms with Gasteiger partial charge in [-0.2, -0.15) is 0 Å². The molecule has 1 heterocycles. The third-order valence-electron chi connectivity index (χ3n) is 0.684. The van der Waals surface area contributed by atoms with Crippen molar-refractivity contribution in [3.05, 3.63) is 15.0 Å². The molecule has 0 atom stereocenters. The molecule has 1 aromatic heterocycles. The Balaban J connectivity index is 2.85. The maximum absolute atomic E-state index is 8.05. The van der Waals surface area contributed by atoms with Crippen LogP contribution in [0.15, 0.2) is 14.5 Å². The normalized spacial score (nSPS) is 10.8. The minimum absolute atomic E-state index is 0.661. The summed E-state index contributed by atoms with van der Waals surface area (Å²) in [5.74, 6) is 0. The molecule has 0 aliphatic carbocycles. The van der Waals surface area contributed by atoms with E-state index < -0.39 is 0 Å². The predicted octanol–water partition coefficient (Wildman–Crippen LogP) is 1.71. The molecule has 0 aromatic carbocycles. The third-order valence-corrected chi connectivity index (χ3v) is 2.07. The second-order valence-corrected chi connectivity index (χ2v) is 3.40. The molecule has 0 saturated carbocycles. The largest absolute Gasteiger partial charge is 0.411 e. The van der Waals surface area contributed by atoms with Crippen molar-refractivity contribution in [3.8, 4) is 0 Å². The highest BCUT2D eigenvalue weighted by Gasteiger charge is 1.92. The van der Waals surface area contributed by atoms with Crippen molar-refractivity contribution < 1.29 is 5.21 Å². The van der Waals surface area contributed by atoms with Gasteiger partial charge in [-0.3, -0.25) is 0 Å². The van der Waals surface area contributed by atoms with Crippen molar-refractivity contribution in [1.82, 2.24) is 4.98 Å². The van der Waals surface area contributed by atoms with Gasteiger partial charge in [0.2, 0.25) is 0 Å². The Morgan fingerprint density at radius 1 is 1.89 bits per heavy atom. The lowest BCUT2D eigenvalue weighted by Gasteiger charge is -1.74. The van der Waals surface area contributed by atoms with Gasteiger partial charge in [0, 0.05) is 5.38 Å². The summed E-state index contributed by atoms with van der Waals surface area (Å²) in [5, 5.41) is 12.6. The number of hydrogen-bond donors (Lipinski definition) is 1. The van der Waals surface area contributed by atoms with Crippen LogP contribution in [0.5, 0.6) is 0 Å². The highest BCUT2D eigenvalue weighted by molar-refractivity contribution is 9.11. The molecule has 3 nitrogen and oxygen atoms in total. The number of rotatable bonds is 1. The van der Waals surface area contributed by atoms with Gasteiger partial charge in [0.25, 0.3) is 0 Å². The van der Waals surface area contributed by atoms with E-state index in [-0.39, 0.29) is 0 Å². The molecule has 0 fully saturated rings. The zero-order valence-electron chi connectivity index (χ0n) is 4.28. The van der Waals surface area contributed by atoms with Crippen molar-refractivity contribution in [1.29, 1.82) is 0 Å². The molecule has 0 spiro atoms. The van der Waals surface area contributed by atoms with Gasteiger partial charge < -0.3 is 5.21 Å². The number of nitrogens with zero attached hydrogens (tertiary/aromatic N) is 2. The van der Waals surface area contributed by atoms with Gasteiger partial charge >= 0.3 is 0 Å². The van der Waals surface area contributed by atoms with Crippen molar-refractivity contribution in [2.24, 2.45) is 5.16 Å². The van der Waals surface area contributed by atoms with Crippen LogP contribution in [-0.2, 0) is 0 Å². The Kier molecular flexibility index (Phi) is 2.18. The fraction of sp³-hybridized carbons (Fsp3) is 0. The van der Waals surface area contributed by atoms with E-state index in [1.54, 1.807) is 5.38 Å². The van der Waals surface area contributed by atoms with Gasteiger partial charge in [0.15, 0.2) is 3.92 Å². The first kappa shape index (κ1) is 6.70. The zero-order chi connectivity index (χ0) is 6.69.